The van der Waals surface area contributed by atoms with Crippen molar-refractivity contribution in [2.24, 2.45) is 0 Å². The van der Waals surface area contributed by atoms with Crippen molar-refractivity contribution in [2.45, 2.75) is 13.0 Å². The van der Waals surface area contributed by atoms with Crippen LogP contribution in [0.3, 0.4) is 0 Å². The first kappa shape index (κ1) is 16.7. The molecule has 0 saturated carbocycles. The Balaban J connectivity index is 1.57. The van der Waals surface area contributed by atoms with Crippen LogP contribution in [0.4, 0.5) is 4.39 Å². The normalized spacial score (nSPS) is 11.9. The van der Waals surface area contributed by atoms with Gasteiger partial charge in [0.1, 0.15) is 17.2 Å². The molecule has 3 aromatic rings. The monoisotopic (exact) mass is 340 g/mol. The summed E-state index contributed by atoms with van der Waals surface area (Å²) < 4.78 is 19.2. The summed E-state index contributed by atoms with van der Waals surface area (Å²) in [6, 6.07) is 14.7. The molecule has 5 nitrogen and oxygen atoms in total. The molecule has 1 aromatic heterocycles. The van der Waals surface area contributed by atoms with Gasteiger partial charge >= 0.3 is 0 Å². The van der Waals surface area contributed by atoms with Crippen molar-refractivity contribution >= 4 is 22.8 Å². The summed E-state index contributed by atoms with van der Waals surface area (Å²) in [7, 11) is 0. The maximum Gasteiger partial charge on any atom is 0.254 e. The molecule has 128 valence electrons. The molecule has 3 rings (SSSR count). The quantitative estimate of drug-likeness (QED) is 0.749. The van der Waals surface area contributed by atoms with Crippen LogP contribution < -0.4 is 10.6 Å². The number of amides is 2. The number of fused-ring (bicyclic) bond motifs is 1. The summed E-state index contributed by atoms with van der Waals surface area (Å²) in [6.07, 6.45) is 0. The van der Waals surface area contributed by atoms with Gasteiger partial charge in [0, 0.05) is 5.39 Å². The van der Waals surface area contributed by atoms with Gasteiger partial charge < -0.3 is 15.1 Å². The molecule has 25 heavy (non-hydrogen) atoms. The number of furan rings is 1. The van der Waals surface area contributed by atoms with E-state index in [-0.39, 0.29) is 18.2 Å². The lowest BCUT2D eigenvalue weighted by atomic mass is 10.2. The molecule has 1 heterocycles. The Kier molecular flexibility index (Phi) is 4.79. The Bertz CT molecular complexity index is 887. The van der Waals surface area contributed by atoms with Crippen LogP contribution in [0, 0.1) is 5.82 Å². The number of hydrogen-bond acceptors (Lipinski definition) is 3. The lowest BCUT2D eigenvalue weighted by Crippen LogP contribution is -2.38. The molecule has 0 aliphatic rings. The fraction of sp³-hybridized carbons (Fsp3) is 0.158. The van der Waals surface area contributed by atoms with Gasteiger partial charge in [-0.15, -0.1) is 0 Å². The van der Waals surface area contributed by atoms with Crippen molar-refractivity contribution in [3.8, 4) is 0 Å². The largest absolute Gasteiger partial charge is 0.459 e. The SMILES string of the molecule is C[C@@H](NC(=O)CNC(=O)c1ccccc1F)c1cc2ccccc2o1. The summed E-state index contributed by atoms with van der Waals surface area (Å²) >= 11 is 0. The zero-order chi connectivity index (χ0) is 17.8. The second-order valence-electron chi connectivity index (χ2n) is 5.64. The third-order valence-electron chi connectivity index (χ3n) is 3.78. The Hall–Kier alpha value is -3.15. The number of nitrogens with one attached hydrogen (secondary N) is 2. The first-order chi connectivity index (χ1) is 12.0. The molecule has 1 atom stereocenters. The highest BCUT2D eigenvalue weighted by molar-refractivity contribution is 5.96. The molecule has 2 amide bonds. The van der Waals surface area contributed by atoms with E-state index in [0.717, 1.165) is 11.0 Å². The third kappa shape index (κ3) is 3.85. The molecule has 0 radical (unpaired) electrons. The van der Waals surface area contributed by atoms with Gasteiger partial charge in [-0.05, 0) is 31.2 Å². The first-order valence-corrected chi connectivity index (χ1v) is 7.85. The Morgan fingerprint density at radius 2 is 1.84 bits per heavy atom. The van der Waals surface area contributed by atoms with Crippen molar-refractivity contribution in [2.75, 3.05) is 6.54 Å². The van der Waals surface area contributed by atoms with Gasteiger partial charge in [0.05, 0.1) is 18.2 Å². The van der Waals surface area contributed by atoms with Crippen LogP contribution in [-0.4, -0.2) is 18.4 Å². The van der Waals surface area contributed by atoms with E-state index in [1.54, 1.807) is 13.0 Å². The average molecular weight is 340 g/mol. The van der Waals surface area contributed by atoms with E-state index in [0.29, 0.717) is 5.76 Å². The summed E-state index contributed by atoms with van der Waals surface area (Å²) in [5.74, 6) is -1.03. The second kappa shape index (κ2) is 7.17. The van der Waals surface area contributed by atoms with Crippen molar-refractivity contribution in [1.29, 1.82) is 0 Å². The highest BCUT2D eigenvalue weighted by Crippen LogP contribution is 2.23. The van der Waals surface area contributed by atoms with Crippen LogP contribution in [0.1, 0.15) is 29.1 Å². The zero-order valence-corrected chi connectivity index (χ0v) is 13.6. The predicted molar refractivity (Wildman–Crippen MR) is 91.5 cm³/mol. The van der Waals surface area contributed by atoms with E-state index < -0.39 is 17.6 Å². The van der Waals surface area contributed by atoms with Gasteiger partial charge in [0.25, 0.3) is 5.91 Å². The number of halogens is 1. The number of carbonyl (C=O) groups is 2. The number of benzene rings is 2. The van der Waals surface area contributed by atoms with Crippen LogP contribution in [0.25, 0.3) is 11.0 Å². The van der Waals surface area contributed by atoms with Gasteiger partial charge in [0.2, 0.25) is 5.91 Å². The lowest BCUT2D eigenvalue weighted by Gasteiger charge is -2.12. The van der Waals surface area contributed by atoms with E-state index >= 15 is 0 Å². The topological polar surface area (TPSA) is 71.3 Å². The molecule has 0 spiro atoms. The van der Waals surface area contributed by atoms with Gasteiger partial charge in [0.15, 0.2) is 0 Å². The van der Waals surface area contributed by atoms with Crippen LogP contribution in [0.15, 0.2) is 59.0 Å². The van der Waals surface area contributed by atoms with E-state index in [9.17, 15) is 14.0 Å². The second-order valence-corrected chi connectivity index (χ2v) is 5.64. The van der Waals surface area contributed by atoms with E-state index in [1.165, 1.54) is 18.2 Å². The summed E-state index contributed by atoms with van der Waals surface area (Å²) in [5.41, 5.74) is 0.645. The van der Waals surface area contributed by atoms with Gasteiger partial charge in [-0.2, -0.15) is 0 Å². The highest BCUT2D eigenvalue weighted by atomic mass is 19.1. The fourth-order valence-corrected chi connectivity index (χ4v) is 2.48. The Labute approximate surface area is 143 Å². The van der Waals surface area contributed by atoms with Crippen molar-refractivity contribution in [3.05, 3.63) is 71.7 Å². The molecule has 0 bridgehead atoms. The smallest absolute Gasteiger partial charge is 0.254 e. The molecular formula is C19H17FN2O3. The van der Waals surface area contributed by atoms with Gasteiger partial charge in [-0.3, -0.25) is 9.59 Å². The minimum atomic E-state index is -0.635. The standard InChI is InChI=1S/C19H17FN2O3/c1-12(17-10-13-6-2-5-9-16(13)25-17)22-18(23)11-21-19(24)14-7-3-4-8-15(14)20/h2-10,12H,11H2,1H3,(H,21,24)(H,22,23)/t12-/m1/s1. The molecule has 2 N–H and O–H groups in total. The number of para-hydroxylation sites is 1. The van der Waals surface area contributed by atoms with Crippen LogP contribution >= 0.6 is 0 Å². The summed E-state index contributed by atoms with van der Waals surface area (Å²) in [5, 5.41) is 6.09. The molecule has 2 aromatic carbocycles. The number of carbonyl (C=O) groups excluding carboxylic acids is 2. The minimum Gasteiger partial charge on any atom is -0.459 e. The molecule has 6 heteroatoms. The Morgan fingerprint density at radius 3 is 2.60 bits per heavy atom. The van der Waals surface area contributed by atoms with Crippen molar-refractivity contribution in [1.82, 2.24) is 10.6 Å². The zero-order valence-electron chi connectivity index (χ0n) is 13.6. The van der Waals surface area contributed by atoms with Gasteiger partial charge in [-0.1, -0.05) is 30.3 Å². The highest BCUT2D eigenvalue weighted by Gasteiger charge is 2.16. The maximum atomic E-state index is 13.5. The third-order valence-corrected chi connectivity index (χ3v) is 3.78. The Morgan fingerprint density at radius 1 is 1.12 bits per heavy atom. The summed E-state index contributed by atoms with van der Waals surface area (Å²) in [4.78, 5) is 23.9. The maximum absolute atomic E-state index is 13.5. The van der Waals surface area contributed by atoms with Crippen molar-refractivity contribution < 1.29 is 18.4 Å². The van der Waals surface area contributed by atoms with Crippen LogP contribution in [-0.2, 0) is 4.79 Å². The lowest BCUT2D eigenvalue weighted by molar-refractivity contribution is -0.120. The van der Waals surface area contributed by atoms with Crippen LogP contribution in [0.5, 0.6) is 0 Å². The van der Waals surface area contributed by atoms with E-state index in [2.05, 4.69) is 10.6 Å². The predicted octanol–water partition coefficient (Wildman–Crippen LogP) is 3.18. The first-order valence-electron chi connectivity index (χ1n) is 7.85. The number of rotatable bonds is 5. The van der Waals surface area contributed by atoms with Gasteiger partial charge in [-0.25, -0.2) is 4.39 Å². The molecule has 0 unspecified atom stereocenters. The molecule has 0 saturated heterocycles. The minimum absolute atomic E-state index is 0.0966. The van der Waals surface area contributed by atoms with E-state index in [4.69, 9.17) is 4.42 Å². The number of hydrogen-bond donors (Lipinski definition) is 2. The molecule has 0 aliphatic heterocycles. The fourth-order valence-electron chi connectivity index (χ4n) is 2.48. The molecular weight excluding hydrogens is 323 g/mol. The molecule has 0 aliphatic carbocycles. The average Bonchev–Trinajstić information content (AvgIpc) is 3.04. The van der Waals surface area contributed by atoms with Crippen molar-refractivity contribution in [3.63, 3.8) is 0 Å². The van der Waals surface area contributed by atoms with Crippen LogP contribution in [0.2, 0.25) is 0 Å². The molecule has 0 fully saturated rings. The van der Waals surface area contributed by atoms with E-state index in [1.807, 2.05) is 30.3 Å². The summed E-state index contributed by atoms with van der Waals surface area (Å²) in [6.45, 7) is 1.53.